The summed E-state index contributed by atoms with van der Waals surface area (Å²) in [5.74, 6) is 3.22. The summed E-state index contributed by atoms with van der Waals surface area (Å²) in [6.45, 7) is 8.46. The van der Waals surface area contributed by atoms with Crippen LogP contribution in [0, 0.1) is 22.7 Å². The Hall–Kier alpha value is -4.58. The van der Waals surface area contributed by atoms with Crippen LogP contribution in [0.4, 0.5) is 11.4 Å². The molecule has 0 aromatic heterocycles. The molecule has 6 heteroatoms. The van der Waals surface area contributed by atoms with Crippen LogP contribution in [-0.2, 0) is 9.59 Å². The summed E-state index contributed by atoms with van der Waals surface area (Å²) in [6, 6.07) is 30.7. The van der Waals surface area contributed by atoms with Gasteiger partial charge in [-0.3, -0.25) is 9.59 Å². The Balaban J connectivity index is 1.00. The molecule has 0 spiro atoms. The summed E-state index contributed by atoms with van der Waals surface area (Å²) in [5, 5.41) is 5.98. The monoisotopic (exact) mass is 560 g/mol. The standard InChI is InChI=1S/C36H36N2O4/c1-35(2)21-31(35)33(39)37-25-9-17-29(18-10-25)41-27-13-5-23(6-14-27)24-7-15-28(16-8-24)42-30-19-11-26(12-20-30)38-34(40)32-22-36(32,3)4/h5-20,31-32H,21-22H2,1-4H3,(H,37,39)(H,38,40). The summed E-state index contributed by atoms with van der Waals surface area (Å²) in [7, 11) is 0. The first kappa shape index (κ1) is 27.6. The highest BCUT2D eigenvalue weighted by Crippen LogP contribution is 2.52. The molecule has 0 bridgehead atoms. The van der Waals surface area contributed by atoms with Crippen molar-refractivity contribution in [3.05, 3.63) is 97.1 Å². The maximum atomic E-state index is 12.3. The first-order valence-corrected chi connectivity index (χ1v) is 14.4. The van der Waals surface area contributed by atoms with Crippen LogP contribution in [0.5, 0.6) is 23.0 Å². The van der Waals surface area contributed by atoms with E-state index in [0.29, 0.717) is 11.5 Å². The van der Waals surface area contributed by atoms with E-state index in [9.17, 15) is 9.59 Å². The summed E-state index contributed by atoms with van der Waals surface area (Å²) < 4.78 is 12.0. The minimum absolute atomic E-state index is 0.0810. The lowest BCUT2D eigenvalue weighted by atomic mass is 10.1. The highest BCUT2D eigenvalue weighted by atomic mass is 16.5. The molecule has 2 aliphatic carbocycles. The van der Waals surface area contributed by atoms with Gasteiger partial charge in [0.2, 0.25) is 11.8 Å². The quantitative estimate of drug-likeness (QED) is 0.214. The number of hydrogen-bond acceptors (Lipinski definition) is 4. The van der Waals surface area contributed by atoms with Gasteiger partial charge in [-0.25, -0.2) is 0 Å². The van der Waals surface area contributed by atoms with Gasteiger partial charge in [0.25, 0.3) is 0 Å². The number of rotatable bonds is 9. The molecule has 6 nitrogen and oxygen atoms in total. The summed E-state index contributed by atoms with van der Waals surface area (Å²) in [4.78, 5) is 24.7. The summed E-state index contributed by atoms with van der Waals surface area (Å²) in [5.41, 5.74) is 3.89. The zero-order chi connectivity index (χ0) is 29.5. The Morgan fingerprint density at radius 3 is 1.05 bits per heavy atom. The van der Waals surface area contributed by atoms with Gasteiger partial charge in [0, 0.05) is 23.2 Å². The summed E-state index contributed by atoms with van der Waals surface area (Å²) in [6.07, 6.45) is 1.87. The van der Waals surface area contributed by atoms with E-state index in [-0.39, 0.29) is 34.5 Å². The van der Waals surface area contributed by atoms with E-state index in [2.05, 4.69) is 38.3 Å². The molecule has 2 saturated carbocycles. The van der Waals surface area contributed by atoms with Crippen molar-refractivity contribution in [3.63, 3.8) is 0 Å². The maximum Gasteiger partial charge on any atom is 0.228 e. The minimum Gasteiger partial charge on any atom is -0.457 e. The maximum absolute atomic E-state index is 12.3. The molecular weight excluding hydrogens is 524 g/mol. The van der Waals surface area contributed by atoms with E-state index in [4.69, 9.17) is 9.47 Å². The van der Waals surface area contributed by atoms with E-state index >= 15 is 0 Å². The van der Waals surface area contributed by atoms with Crippen LogP contribution in [0.3, 0.4) is 0 Å². The van der Waals surface area contributed by atoms with Gasteiger partial charge in [0.15, 0.2) is 0 Å². The van der Waals surface area contributed by atoms with Crippen molar-refractivity contribution in [1.82, 2.24) is 0 Å². The van der Waals surface area contributed by atoms with Crippen LogP contribution in [0.2, 0.25) is 0 Å². The van der Waals surface area contributed by atoms with Gasteiger partial charge in [0.05, 0.1) is 0 Å². The molecule has 2 atom stereocenters. The molecule has 0 aliphatic heterocycles. The van der Waals surface area contributed by atoms with E-state index in [1.807, 2.05) is 97.1 Å². The predicted octanol–water partition coefficient (Wildman–Crippen LogP) is 8.91. The third kappa shape index (κ3) is 6.33. The molecular formula is C36H36N2O4. The molecule has 2 amide bonds. The highest BCUT2D eigenvalue weighted by molar-refractivity contribution is 5.95. The van der Waals surface area contributed by atoms with E-state index in [1.165, 1.54) is 0 Å². The molecule has 2 unspecified atom stereocenters. The van der Waals surface area contributed by atoms with Crippen molar-refractivity contribution in [2.24, 2.45) is 22.7 Å². The normalized spacial score (nSPS) is 19.3. The van der Waals surface area contributed by atoms with Crippen molar-refractivity contribution in [2.45, 2.75) is 40.5 Å². The average Bonchev–Trinajstić information content (AvgIpc) is 3.83. The Morgan fingerprint density at radius 2 is 0.786 bits per heavy atom. The second kappa shape index (κ2) is 10.7. The fraction of sp³-hybridized carbons (Fsp3) is 0.278. The van der Waals surface area contributed by atoms with E-state index in [1.54, 1.807) is 0 Å². The number of amides is 2. The van der Waals surface area contributed by atoms with Crippen LogP contribution in [0.25, 0.3) is 11.1 Å². The van der Waals surface area contributed by atoms with E-state index in [0.717, 1.165) is 46.8 Å². The number of benzene rings is 4. The molecule has 0 radical (unpaired) electrons. The second-order valence-electron chi connectivity index (χ2n) is 12.8. The molecule has 2 fully saturated rings. The zero-order valence-electron chi connectivity index (χ0n) is 24.4. The van der Waals surface area contributed by atoms with Gasteiger partial charge in [-0.05, 0) is 108 Å². The highest BCUT2D eigenvalue weighted by Gasteiger charge is 2.51. The van der Waals surface area contributed by atoms with Crippen LogP contribution < -0.4 is 20.1 Å². The number of ether oxygens (including phenoxy) is 2. The lowest BCUT2D eigenvalue weighted by Gasteiger charge is -2.10. The van der Waals surface area contributed by atoms with Crippen LogP contribution in [0.1, 0.15) is 40.5 Å². The van der Waals surface area contributed by atoms with Crippen LogP contribution in [0.15, 0.2) is 97.1 Å². The first-order valence-electron chi connectivity index (χ1n) is 14.4. The molecule has 0 saturated heterocycles. The van der Waals surface area contributed by atoms with Crippen LogP contribution in [-0.4, -0.2) is 11.8 Å². The fourth-order valence-electron chi connectivity index (χ4n) is 5.20. The van der Waals surface area contributed by atoms with Crippen molar-refractivity contribution in [1.29, 1.82) is 0 Å². The molecule has 42 heavy (non-hydrogen) atoms. The Bertz CT molecular complexity index is 1470. The number of carbonyl (C=O) groups excluding carboxylic acids is 2. The van der Waals surface area contributed by atoms with Gasteiger partial charge >= 0.3 is 0 Å². The number of carbonyl (C=O) groups is 2. The second-order valence-corrected chi connectivity index (χ2v) is 12.8. The average molecular weight is 561 g/mol. The first-order chi connectivity index (χ1) is 20.1. The predicted molar refractivity (Wildman–Crippen MR) is 166 cm³/mol. The van der Waals surface area contributed by atoms with Gasteiger partial charge in [0.1, 0.15) is 23.0 Å². The number of hydrogen-bond donors (Lipinski definition) is 2. The third-order valence-electron chi connectivity index (χ3n) is 8.42. The lowest BCUT2D eigenvalue weighted by Crippen LogP contribution is -2.16. The van der Waals surface area contributed by atoms with Gasteiger partial charge in [-0.1, -0.05) is 52.0 Å². The number of anilines is 2. The SMILES string of the molecule is CC1(C)CC1C(=O)Nc1ccc(Oc2ccc(-c3ccc(Oc4ccc(NC(=O)C5CC5(C)C)cc4)cc3)cc2)cc1. The topological polar surface area (TPSA) is 76.7 Å². The molecule has 2 aliphatic rings. The largest absolute Gasteiger partial charge is 0.457 e. The van der Waals surface area contributed by atoms with Crippen molar-refractivity contribution >= 4 is 23.2 Å². The molecule has 6 rings (SSSR count). The molecule has 214 valence electrons. The molecule has 4 aromatic carbocycles. The Labute approximate surface area is 247 Å². The fourth-order valence-corrected chi connectivity index (χ4v) is 5.20. The van der Waals surface area contributed by atoms with E-state index < -0.39 is 0 Å². The number of nitrogens with one attached hydrogen (secondary N) is 2. The van der Waals surface area contributed by atoms with Crippen molar-refractivity contribution < 1.29 is 19.1 Å². The van der Waals surface area contributed by atoms with Gasteiger partial charge in [-0.2, -0.15) is 0 Å². The van der Waals surface area contributed by atoms with Gasteiger partial charge < -0.3 is 20.1 Å². The van der Waals surface area contributed by atoms with Crippen molar-refractivity contribution in [3.8, 4) is 34.1 Å². The Morgan fingerprint density at radius 1 is 0.524 bits per heavy atom. The zero-order valence-corrected chi connectivity index (χ0v) is 24.4. The molecule has 2 N–H and O–H groups in total. The minimum atomic E-state index is 0.0810. The Kier molecular flexibility index (Phi) is 7.01. The molecule has 0 heterocycles. The summed E-state index contributed by atoms with van der Waals surface area (Å²) >= 11 is 0. The van der Waals surface area contributed by atoms with Crippen LogP contribution >= 0.6 is 0 Å². The van der Waals surface area contributed by atoms with Crippen molar-refractivity contribution in [2.75, 3.05) is 10.6 Å². The molecule has 4 aromatic rings. The lowest BCUT2D eigenvalue weighted by molar-refractivity contribution is -0.118. The third-order valence-corrected chi connectivity index (χ3v) is 8.42. The smallest absolute Gasteiger partial charge is 0.228 e. The van der Waals surface area contributed by atoms with Gasteiger partial charge in [-0.15, -0.1) is 0 Å².